The van der Waals surface area contributed by atoms with E-state index < -0.39 is 23.0 Å². The second-order valence-electron chi connectivity index (χ2n) is 5.02. The number of alkyl halides is 2. The van der Waals surface area contributed by atoms with Gasteiger partial charge in [-0.1, -0.05) is 0 Å². The van der Waals surface area contributed by atoms with Gasteiger partial charge < -0.3 is 5.73 Å². The number of rotatable bonds is 5. The Hall–Kier alpha value is -1.06. The van der Waals surface area contributed by atoms with E-state index in [4.69, 9.17) is 5.73 Å². The summed E-state index contributed by atoms with van der Waals surface area (Å²) in [5.74, 6) is 0. The molecule has 114 valence electrons. The van der Waals surface area contributed by atoms with Gasteiger partial charge in [-0.15, -0.1) is 0 Å². The molecule has 0 unspecified atom stereocenters. The van der Waals surface area contributed by atoms with Crippen molar-refractivity contribution in [1.82, 2.24) is 14.5 Å². The minimum atomic E-state index is -3.71. The Labute approximate surface area is 116 Å². The van der Waals surface area contributed by atoms with Crippen LogP contribution < -0.4 is 10.5 Å². The third-order valence-corrected chi connectivity index (χ3v) is 4.81. The summed E-state index contributed by atoms with van der Waals surface area (Å²) in [7, 11) is -3.71. The maximum atomic E-state index is 12.2. The first-order valence-electron chi connectivity index (χ1n) is 6.45. The third kappa shape index (κ3) is 3.97. The highest BCUT2D eigenvalue weighted by Gasteiger charge is 2.25. The van der Waals surface area contributed by atoms with Crippen LogP contribution in [0, 0.1) is 0 Å². The van der Waals surface area contributed by atoms with Gasteiger partial charge in [-0.2, -0.15) is 5.10 Å². The van der Waals surface area contributed by atoms with Gasteiger partial charge in [0.05, 0.1) is 6.20 Å². The van der Waals surface area contributed by atoms with Crippen LogP contribution in [0.5, 0.6) is 0 Å². The van der Waals surface area contributed by atoms with E-state index in [1.54, 1.807) is 0 Å². The molecule has 0 saturated heterocycles. The van der Waals surface area contributed by atoms with Crippen LogP contribution in [0.3, 0.4) is 0 Å². The van der Waals surface area contributed by atoms with Gasteiger partial charge in [0, 0.05) is 18.3 Å². The van der Waals surface area contributed by atoms with E-state index in [-0.39, 0.29) is 17.0 Å². The first-order valence-corrected chi connectivity index (χ1v) is 7.93. The van der Waals surface area contributed by atoms with Crippen LogP contribution >= 0.6 is 0 Å². The number of nitrogens with one attached hydrogen (secondary N) is 1. The molecule has 0 aliphatic heterocycles. The molecule has 1 fully saturated rings. The zero-order valence-electron chi connectivity index (χ0n) is 10.9. The highest BCUT2D eigenvalue weighted by Crippen LogP contribution is 2.19. The fraction of sp³-hybridized carbons (Fsp3) is 0.727. The molecule has 3 N–H and O–H groups in total. The molecular weight excluding hydrogens is 290 g/mol. The van der Waals surface area contributed by atoms with Gasteiger partial charge in [-0.25, -0.2) is 21.9 Å². The Morgan fingerprint density at radius 3 is 2.65 bits per heavy atom. The first-order chi connectivity index (χ1) is 9.37. The predicted molar refractivity (Wildman–Crippen MR) is 68.8 cm³/mol. The molecule has 6 nitrogen and oxygen atoms in total. The fourth-order valence-corrected chi connectivity index (χ4v) is 3.51. The third-order valence-electron chi connectivity index (χ3n) is 3.34. The smallest absolute Gasteiger partial charge is 0.257 e. The summed E-state index contributed by atoms with van der Waals surface area (Å²) in [6.45, 7) is -0.617. The molecular formula is C11H18F2N4O2S. The average Bonchev–Trinajstić information content (AvgIpc) is 2.80. The molecule has 1 aromatic rings. The molecule has 1 heterocycles. The van der Waals surface area contributed by atoms with Gasteiger partial charge in [0.15, 0.2) is 0 Å². The molecule has 0 atom stereocenters. The van der Waals surface area contributed by atoms with Gasteiger partial charge in [0.25, 0.3) is 6.43 Å². The van der Waals surface area contributed by atoms with Crippen molar-refractivity contribution in [3.8, 4) is 0 Å². The highest BCUT2D eigenvalue weighted by molar-refractivity contribution is 7.89. The van der Waals surface area contributed by atoms with Crippen LogP contribution in [-0.2, 0) is 16.6 Å². The fourth-order valence-electron chi connectivity index (χ4n) is 2.25. The Morgan fingerprint density at radius 1 is 1.40 bits per heavy atom. The molecule has 0 spiro atoms. The van der Waals surface area contributed by atoms with Crippen molar-refractivity contribution in [2.45, 2.75) is 55.6 Å². The number of nitrogens with two attached hydrogens (primary N) is 1. The number of hydrogen-bond donors (Lipinski definition) is 2. The van der Waals surface area contributed by atoms with Gasteiger partial charge in [0.2, 0.25) is 10.0 Å². The molecule has 0 bridgehead atoms. The SMILES string of the molecule is NC1CCC(NS(=O)(=O)c2cnn(CC(F)F)c2)CC1. The van der Waals surface area contributed by atoms with Crippen LogP contribution in [0.1, 0.15) is 25.7 Å². The number of halogens is 2. The van der Waals surface area contributed by atoms with E-state index in [0.717, 1.165) is 29.9 Å². The minimum Gasteiger partial charge on any atom is -0.328 e. The van der Waals surface area contributed by atoms with E-state index in [2.05, 4.69) is 9.82 Å². The average molecular weight is 308 g/mol. The maximum Gasteiger partial charge on any atom is 0.257 e. The summed E-state index contributed by atoms with van der Waals surface area (Å²) in [6, 6.07) is -0.0252. The van der Waals surface area contributed by atoms with E-state index in [0.29, 0.717) is 12.8 Å². The topological polar surface area (TPSA) is 90.0 Å². The molecule has 0 aromatic carbocycles. The quantitative estimate of drug-likeness (QED) is 0.837. The van der Waals surface area contributed by atoms with Crippen molar-refractivity contribution in [3.05, 3.63) is 12.4 Å². The van der Waals surface area contributed by atoms with Gasteiger partial charge >= 0.3 is 0 Å². The van der Waals surface area contributed by atoms with Crippen LogP contribution in [-0.4, -0.2) is 36.7 Å². The maximum absolute atomic E-state index is 12.2. The Balaban J connectivity index is 2.01. The molecule has 20 heavy (non-hydrogen) atoms. The Kier molecular flexibility index (Phi) is 4.71. The monoisotopic (exact) mass is 308 g/mol. The van der Waals surface area contributed by atoms with Gasteiger partial charge in [0.1, 0.15) is 11.4 Å². The lowest BCUT2D eigenvalue weighted by Gasteiger charge is -2.26. The van der Waals surface area contributed by atoms with Crippen molar-refractivity contribution >= 4 is 10.0 Å². The summed E-state index contributed by atoms with van der Waals surface area (Å²) < 4.78 is 52.1. The standard InChI is InChI=1S/C11H18F2N4O2S/c12-11(13)7-17-6-10(5-15-17)20(18,19)16-9-3-1-8(14)2-4-9/h5-6,8-9,11,16H,1-4,7,14H2. The van der Waals surface area contributed by atoms with Crippen molar-refractivity contribution in [2.24, 2.45) is 5.73 Å². The zero-order valence-corrected chi connectivity index (χ0v) is 11.7. The van der Waals surface area contributed by atoms with Crippen molar-refractivity contribution < 1.29 is 17.2 Å². The summed E-state index contributed by atoms with van der Waals surface area (Å²) in [6.07, 6.45) is 2.55. The summed E-state index contributed by atoms with van der Waals surface area (Å²) in [5, 5.41) is 3.63. The van der Waals surface area contributed by atoms with Crippen LogP contribution in [0.4, 0.5) is 8.78 Å². The molecule has 1 aliphatic carbocycles. The van der Waals surface area contributed by atoms with Crippen molar-refractivity contribution in [3.63, 3.8) is 0 Å². The number of nitrogens with zero attached hydrogens (tertiary/aromatic N) is 2. The molecule has 1 saturated carbocycles. The lowest BCUT2D eigenvalue weighted by Crippen LogP contribution is -2.40. The van der Waals surface area contributed by atoms with Crippen LogP contribution in [0.15, 0.2) is 17.3 Å². The first kappa shape index (κ1) is 15.3. The summed E-state index contributed by atoms with van der Waals surface area (Å²) in [5.41, 5.74) is 5.76. The second kappa shape index (κ2) is 6.15. The molecule has 0 amide bonds. The van der Waals surface area contributed by atoms with Crippen LogP contribution in [0.25, 0.3) is 0 Å². The molecule has 1 aromatic heterocycles. The zero-order chi connectivity index (χ0) is 14.8. The van der Waals surface area contributed by atoms with E-state index in [9.17, 15) is 17.2 Å². The molecule has 9 heteroatoms. The normalized spacial score (nSPS) is 24.2. The van der Waals surface area contributed by atoms with E-state index in [1.165, 1.54) is 0 Å². The molecule has 2 rings (SSSR count). The van der Waals surface area contributed by atoms with Crippen molar-refractivity contribution in [2.75, 3.05) is 0 Å². The highest BCUT2D eigenvalue weighted by atomic mass is 32.2. The number of hydrogen-bond acceptors (Lipinski definition) is 4. The largest absolute Gasteiger partial charge is 0.328 e. The van der Waals surface area contributed by atoms with Gasteiger partial charge in [-0.05, 0) is 25.7 Å². The summed E-state index contributed by atoms with van der Waals surface area (Å²) in [4.78, 5) is -0.0898. The Bertz CT molecular complexity index is 538. The second-order valence-corrected chi connectivity index (χ2v) is 6.74. The lowest BCUT2D eigenvalue weighted by atomic mass is 9.93. The lowest BCUT2D eigenvalue weighted by molar-refractivity contribution is 0.121. The summed E-state index contributed by atoms with van der Waals surface area (Å²) >= 11 is 0. The number of aromatic nitrogens is 2. The van der Waals surface area contributed by atoms with Gasteiger partial charge in [-0.3, -0.25) is 4.68 Å². The predicted octanol–water partition coefficient (Wildman–Crippen LogP) is 0.696. The molecule has 0 radical (unpaired) electrons. The Morgan fingerprint density at radius 2 is 2.05 bits per heavy atom. The number of sulfonamides is 1. The molecule has 1 aliphatic rings. The van der Waals surface area contributed by atoms with Crippen LogP contribution in [0.2, 0.25) is 0 Å². The van der Waals surface area contributed by atoms with E-state index >= 15 is 0 Å². The van der Waals surface area contributed by atoms with E-state index in [1.807, 2.05) is 0 Å². The van der Waals surface area contributed by atoms with Crippen molar-refractivity contribution in [1.29, 1.82) is 0 Å². The minimum absolute atomic E-state index is 0.0898.